The summed E-state index contributed by atoms with van der Waals surface area (Å²) in [7, 11) is 1.50. The summed E-state index contributed by atoms with van der Waals surface area (Å²) in [4.78, 5) is 23.0. The fraction of sp³-hybridized carbons (Fsp3) is 0.250. The number of anilines is 1. The number of amides is 2. The van der Waals surface area contributed by atoms with Crippen LogP contribution in [0, 0.1) is 5.82 Å². The van der Waals surface area contributed by atoms with E-state index >= 15 is 0 Å². The Morgan fingerprint density at radius 2 is 2.22 bits per heavy atom. The monoisotopic (exact) mass is 249 g/mol. The lowest BCUT2D eigenvalue weighted by Gasteiger charge is -2.18. The largest absolute Gasteiger partial charge is 0.321 e. The number of carbonyl (C=O) groups excluding carboxylic acids is 2. The van der Waals surface area contributed by atoms with Crippen LogP contribution in [0.2, 0.25) is 0 Å². The molecule has 1 aliphatic rings. The van der Waals surface area contributed by atoms with Crippen molar-refractivity contribution in [2.45, 2.75) is 12.8 Å². The second kappa shape index (κ2) is 4.95. The van der Waals surface area contributed by atoms with Gasteiger partial charge in [-0.05, 0) is 18.2 Å². The van der Waals surface area contributed by atoms with Crippen molar-refractivity contribution in [2.75, 3.05) is 12.4 Å². The van der Waals surface area contributed by atoms with Crippen molar-refractivity contribution in [1.29, 1.82) is 0 Å². The van der Waals surface area contributed by atoms with Crippen LogP contribution in [0.5, 0.6) is 0 Å². The van der Waals surface area contributed by atoms with Gasteiger partial charge in [0.2, 0.25) is 5.91 Å². The maximum Gasteiger partial charge on any atom is 0.271 e. The molecule has 94 valence electrons. The minimum atomic E-state index is -0.425. The standard InChI is InChI=1S/C12H12FN3O2/c1-16-11(17)6-5-10(15-16)12(18)14-9-4-2-3-8(13)7-9/h2-4,7H,5-6H2,1H3,(H,14,18). The minimum absolute atomic E-state index is 0.127. The highest BCUT2D eigenvalue weighted by atomic mass is 19.1. The van der Waals surface area contributed by atoms with Crippen LogP contribution in [0.25, 0.3) is 0 Å². The molecule has 0 bridgehead atoms. The van der Waals surface area contributed by atoms with Crippen LogP contribution in [0.15, 0.2) is 29.4 Å². The Bertz CT molecular complexity index is 528. The number of nitrogens with zero attached hydrogens (tertiary/aromatic N) is 2. The second-order valence-electron chi connectivity index (χ2n) is 3.93. The molecule has 1 heterocycles. The number of hydrogen-bond donors (Lipinski definition) is 1. The maximum absolute atomic E-state index is 12.9. The molecule has 1 aliphatic heterocycles. The lowest BCUT2D eigenvalue weighted by molar-refractivity contribution is -0.130. The first kappa shape index (κ1) is 12.2. The quantitative estimate of drug-likeness (QED) is 0.860. The summed E-state index contributed by atoms with van der Waals surface area (Å²) in [6.07, 6.45) is 0.552. The molecule has 0 saturated heterocycles. The number of hydrazone groups is 1. The fourth-order valence-corrected chi connectivity index (χ4v) is 1.60. The molecule has 0 saturated carbocycles. The Hall–Kier alpha value is -2.24. The van der Waals surface area contributed by atoms with Crippen molar-refractivity contribution in [3.05, 3.63) is 30.1 Å². The van der Waals surface area contributed by atoms with E-state index in [1.165, 1.54) is 25.2 Å². The van der Waals surface area contributed by atoms with Crippen molar-refractivity contribution in [2.24, 2.45) is 5.10 Å². The van der Waals surface area contributed by atoms with Crippen LogP contribution in [-0.4, -0.2) is 29.6 Å². The summed E-state index contributed by atoms with van der Waals surface area (Å²) in [5, 5.41) is 7.56. The van der Waals surface area contributed by atoms with Gasteiger partial charge in [0.1, 0.15) is 11.5 Å². The second-order valence-corrected chi connectivity index (χ2v) is 3.93. The highest BCUT2D eigenvalue weighted by molar-refractivity contribution is 6.43. The van der Waals surface area contributed by atoms with Gasteiger partial charge in [-0.2, -0.15) is 5.10 Å². The molecule has 0 atom stereocenters. The topological polar surface area (TPSA) is 61.8 Å². The van der Waals surface area contributed by atoms with E-state index in [9.17, 15) is 14.0 Å². The number of hydrogen-bond acceptors (Lipinski definition) is 3. The van der Waals surface area contributed by atoms with E-state index in [0.717, 1.165) is 5.01 Å². The SMILES string of the molecule is CN1N=C(C(=O)Nc2cccc(F)c2)CCC1=O. The van der Waals surface area contributed by atoms with Gasteiger partial charge in [-0.25, -0.2) is 9.40 Å². The summed E-state index contributed by atoms with van der Waals surface area (Å²) >= 11 is 0. The van der Waals surface area contributed by atoms with Crippen LogP contribution in [0.3, 0.4) is 0 Å². The predicted octanol–water partition coefficient (Wildman–Crippen LogP) is 1.37. The predicted molar refractivity (Wildman–Crippen MR) is 64.5 cm³/mol. The van der Waals surface area contributed by atoms with Gasteiger partial charge in [0.25, 0.3) is 5.91 Å². The summed E-state index contributed by atoms with van der Waals surface area (Å²) in [6.45, 7) is 0. The Kier molecular flexibility index (Phi) is 3.36. The van der Waals surface area contributed by atoms with Crippen molar-refractivity contribution in [3.8, 4) is 0 Å². The third-order valence-corrected chi connectivity index (χ3v) is 2.55. The van der Waals surface area contributed by atoms with E-state index in [2.05, 4.69) is 10.4 Å². The number of halogens is 1. The molecule has 0 aliphatic carbocycles. The molecule has 1 N–H and O–H groups in total. The highest BCUT2D eigenvalue weighted by Crippen LogP contribution is 2.12. The first-order valence-electron chi connectivity index (χ1n) is 5.47. The van der Waals surface area contributed by atoms with Crippen LogP contribution >= 0.6 is 0 Å². The zero-order valence-corrected chi connectivity index (χ0v) is 9.81. The normalized spacial score (nSPS) is 15.3. The number of rotatable bonds is 2. The Labute approximate surface area is 103 Å². The van der Waals surface area contributed by atoms with Gasteiger partial charge in [-0.15, -0.1) is 0 Å². The third-order valence-electron chi connectivity index (χ3n) is 2.55. The smallest absolute Gasteiger partial charge is 0.271 e. The Morgan fingerprint density at radius 1 is 1.44 bits per heavy atom. The van der Waals surface area contributed by atoms with Gasteiger partial charge in [0, 0.05) is 25.6 Å². The molecule has 0 aromatic heterocycles. The van der Waals surface area contributed by atoms with Gasteiger partial charge >= 0.3 is 0 Å². The fourth-order valence-electron chi connectivity index (χ4n) is 1.60. The van der Waals surface area contributed by atoms with Crippen LogP contribution in [0.1, 0.15) is 12.8 Å². The Morgan fingerprint density at radius 3 is 2.89 bits per heavy atom. The molecular weight excluding hydrogens is 237 g/mol. The average molecular weight is 249 g/mol. The van der Waals surface area contributed by atoms with Crippen molar-refractivity contribution >= 4 is 23.2 Å². The van der Waals surface area contributed by atoms with E-state index < -0.39 is 11.7 Å². The van der Waals surface area contributed by atoms with Crippen LogP contribution in [0.4, 0.5) is 10.1 Å². The van der Waals surface area contributed by atoms with Crippen molar-refractivity contribution < 1.29 is 14.0 Å². The lowest BCUT2D eigenvalue weighted by atomic mass is 10.1. The number of benzene rings is 1. The summed E-state index contributed by atoms with van der Waals surface area (Å²) in [6, 6.07) is 5.60. The summed E-state index contributed by atoms with van der Waals surface area (Å²) in [5.41, 5.74) is 0.628. The zero-order chi connectivity index (χ0) is 13.1. The summed E-state index contributed by atoms with van der Waals surface area (Å²) < 4.78 is 12.9. The molecule has 1 aromatic carbocycles. The van der Waals surface area contributed by atoms with Gasteiger partial charge < -0.3 is 5.32 Å². The van der Waals surface area contributed by atoms with E-state index in [1.54, 1.807) is 6.07 Å². The first-order valence-corrected chi connectivity index (χ1v) is 5.47. The molecule has 6 heteroatoms. The molecule has 0 spiro atoms. The lowest BCUT2D eigenvalue weighted by Crippen LogP contribution is -2.34. The zero-order valence-electron chi connectivity index (χ0n) is 9.81. The van der Waals surface area contributed by atoms with Crippen molar-refractivity contribution in [3.63, 3.8) is 0 Å². The molecular formula is C12H12FN3O2. The average Bonchev–Trinajstić information content (AvgIpc) is 2.32. The van der Waals surface area contributed by atoms with Gasteiger partial charge in [-0.1, -0.05) is 6.07 Å². The van der Waals surface area contributed by atoms with Gasteiger partial charge in [-0.3, -0.25) is 9.59 Å². The van der Waals surface area contributed by atoms with E-state index in [0.29, 0.717) is 12.1 Å². The minimum Gasteiger partial charge on any atom is -0.321 e. The molecule has 0 radical (unpaired) electrons. The van der Waals surface area contributed by atoms with Crippen LogP contribution < -0.4 is 5.32 Å². The molecule has 18 heavy (non-hydrogen) atoms. The first-order chi connectivity index (χ1) is 8.56. The highest BCUT2D eigenvalue weighted by Gasteiger charge is 2.21. The van der Waals surface area contributed by atoms with Crippen LogP contribution in [-0.2, 0) is 9.59 Å². The molecule has 2 amide bonds. The van der Waals surface area contributed by atoms with Gasteiger partial charge in [0.15, 0.2) is 0 Å². The molecule has 5 nitrogen and oxygen atoms in total. The molecule has 1 aromatic rings. The number of nitrogens with one attached hydrogen (secondary N) is 1. The molecule has 0 fully saturated rings. The maximum atomic E-state index is 12.9. The van der Waals surface area contributed by atoms with E-state index in [4.69, 9.17) is 0 Å². The third kappa shape index (κ3) is 2.71. The van der Waals surface area contributed by atoms with Crippen molar-refractivity contribution in [1.82, 2.24) is 5.01 Å². The molecule has 2 rings (SSSR count). The number of carbonyl (C=O) groups is 2. The van der Waals surface area contributed by atoms with E-state index in [-0.39, 0.29) is 18.0 Å². The Balaban J connectivity index is 2.09. The van der Waals surface area contributed by atoms with E-state index in [1.807, 2.05) is 0 Å². The molecule has 0 unspecified atom stereocenters. The summed E-state index contributed by atoms with van der Waals surface area (Å²) in [5.74, 6) is -0.970. The van der Waals surface area contributed by atoms with Gasteiger partial charge in [0.05, 0.1) is 0 Å².